The lowest BCUT2D eigenvalue weighted by Crippen LogP contribution is -2.67. The number of carbonyl (C=O) groups is 3. The smallest absolute Gasteiger partial charge is 0.248 e. The minimum atomic E-state index is -2.78. The van der Waals surface area contributed by atoms with Gasteiger partial charge in [0.1, 0.15) is 17.8 Å². The first-order valence-electron chi connectivity index (χ1n) is 16.7. The van der Waals surface area contributed by atoms with Gasteiger partial charge in [0.2, 0.25) is 23.6 Å². The van der Waals surface area contributed by atoms with Crippen LogP contribution >= 0.6 is 0 Å². The van der Waals surface area contributed by atoms with Crippen molar-refractivity contribution in [3.8, 4) is 5.75 Å². The monoisotopic (exact) mass is 631 g/mol. The molecule has 4 fully saturated rings. The van der Waals surface area contributed by atoms with Crippen LogP contribution in [-0.4, -0.2) is 104 Å². The SMILES string of the molecule is CCO[C@@H]1C[C@@H]2CN(C(=O)[C@@H](NC(=O)[C@@H](NC)C3CC3)C3CCC(F)(F)CC3)[C@H](C(=O)N[C@@H]3CCOc4ccccc43)CN2C1. The van der Waals surface area contributed by atoms with Crippen LogP contribution in [-0.2, 0) is 19.1 Å². The van der Waals surface area contributed by atoms with Gasteiger partial charge in [-0.2, -0.15) is 0 Å². The number of likely N-dealkylation sites (N-methyl/N-ethyl adjacent to an activating group) is 1. The van der Waals surface area contributed by atoms with Gasteiger partial charge in [-0.1, -0.05) is 18.2 Å². The largest absolute Gasteiger partial charge is 0.493 e. The molecule has 0 spiro atoms. The number of fused-ring (bicyclic) bond motifs is 2. The summed E-state index contributed by atoms with van der Waals surface area (Å²) in [6, 6.07) is 5.12. The maximum Gasteiger partial charge on any atom is 0.248 e. The average Bonchev–Trinajstić information content (AvgIpc) is 3.78. The third kappa shape index (κ3) is 7.12. The Labute approximate surface area is 263 Å². The Morgan fingerprint density at radius 3 is 2.47 bits per heavy atom. The highest BCUT2D eigenvalue weighted by Crippen LogP contribution is 2.39. The third-order valence-corrected chi connectivity index (χ3v) is 10.4. The van der Waals surface area contributed by atoms with Gasteiger partial charge in [0.15, 0.2) is 0 Å². The number of nitrogens with one attached hydrogen (secondary N) is 3. The highest BCUT2D eigenvalue weighted by Gasteiger charge is 2.49. The van der Waals surface area contributed by atoms with Crippen molar-refractivity contribution in [1.82, 2.24) is 25.8 Å². The Hall–Kier alpha value is -2.83. The molecule has 1 aromatic carbocycles. The molecule has 1 aromatic rings. The average molecular weight is 632 g/mol. The van der Waals surface area contributed by atoms with Crippen molar-refractivity contribution in [2.45, 2.75) is 101 Å². The van der Waals surface area contributed by atoms with Gasteiger partial charge < -0.3 is 30.3 Å². The predicted octanol–water partition coefficient (Wildman–Crippen LogP) is 2.62. The summed E-state index contributed by atoms with van der Waals surface area (Å²) in [7, 11) is 1.73. The standard InChI is InChI=1S/C33H47F2N5O5/c1-3-44-23-16-22-17-40(26(19-39(22)18-23)30(41)37-25-12-15-45-27-7-5-4-6-24(25)27)32(43)29(21-10-13-33(34,35)14-11-21)38-31(42)28(36-2)20-8-9-20/h4-7,20-23,25-26,28-29,36H,3,8-19H2,1-2H3,(H,37,41)(H,38,42)/t22-,23-,25-,26+,28+,29+/m1/s1. The van der Waals surface area contributed by atoms with Crippen molar-refractivity contribution in [1.29, 1.82) is 0 Å². The molecular formula is C33H47F2N5O5. The van der Waals surface area contributed by atoms with E-state index in [1.54, 1.807) is 11.9 Å². The molecule has 3 amide bonds. The molecule has 12 heteroatoms. The number of halogens is 2. The summed E-state index contributed by atoms with van der Waals surface area (Å²) in [6.45, 7) is 4.31. The number of hydrogen-bond donors (Lipinski definition) is 3. The summed E-state index contributed by atoms with van der Waals surface area (Å²) in [5.74, 6) is -3.21. The normalized spacial score (nSPS) is 29.6. The van der Waals surface area contributed by atoms with Crippen LogP contribution in [0.2, 0.25) is 0 Å². The van der Waals surface area contributed by atoms with Crippen LogP contribution in [0.15, 0.2) is 24.3 Å². The number of benzene rings is 1. The Bertz CT molecular complexity index is 1240. The van der Waals surface area contributed by atoms with Crippen molar-refractivity contribution >= 4 is 17.7 Å². The molecule has 6 rings (SSSR count). The van der Waals surface area contributed by atoms with Crippen molar-refractivity contribution in [3.63, 3.8) is 0 Å². The molecule has 6 atom stereocenters. The van der Waals surface area contributed by atoms with Crippen molar-refractivity contribution in [3.05, 3.63) is 29.8 Å². The summed E-state index contributed by atoms with van der Waals surface area (Å²) in [5.41, 5.74) is 0.896. The van der Waals surface area contributed by atoms with E-state index in [9.17, 15) is 23.2 Å². The molecule has 3 N–H and O–H groups in total. The molecular weight excluding hydrogens is 584 g/mol. The second kappa shape index (κ2) is 13.5. The summed E-state index contributed by atoms with van der Waals surface area (Å²) < 4.78 is 40.2. The van der Waals surface area contributed by atoms with Crippen LogP contribution in [0.5, 0.6) is 5.75 Å². The van der Waals surface area contributed by atoms with Crippen molar-refractivity contribution in [2.24, 2.45) is 11.8 Å². The number of carbonyl (C=O) groups excluding carboxylic acids is 3. The molecule has 0 bridgehead atoms. The maximum absolute atomic E-state index is 14.6. The molecule has 2 aliphatic carbocycles. The lowest BCUT2D eigenvalue weighted by molar-refractivity contribution is -0.150. The quantitative estimate of drug-likeness (QED) is 0.364. The van der Waals surface area contributed by atoms with Gasteiger partial charge in [0.05, 0.1) is 24.8 Å². The van der Waals surface area contributed by atoms with Crippen LogP contribution in [0, 0.1) is 11.8 Å². The van der Waals surface area contributed by atoms with Crippen LogP contribution in [0.1, 0.15) is 69.9 Å². The first-order valence-corrected chi connectivity index (χ1v) is 16.7. The highest BCUT2D eigenvalue weighted by molar-refractivity contribution is 5.94. The fraction of sp³-hybridized carbons (Fsp3) is 0.727. The summed E-state index contributed by atoms with van der Waals surface area (Å²) in [5, 5.41) is 9.28. The van der Waals surface area contributed by atoms with Crippen LogP contribution in [0.4, 0.5) is 8.78 Å². The molecule has 2 saturated heterocycles. The highest BCUT2D eigenvalue weighted by atomic mass is 19.3. The van der Waals surface area contributed by atoms with E-state index in [1.807, 2.05) is 31.2 Å². The zero-order valence-corrected chi connectivity index (χ0v) is 26.3. The molecule has 0 radical (unpaired) electrons. The van der Waals surface area contributed by atoms with E-state index < -0.39 is 30.0 Å². The van der Waals surface area contributed by atoms with E-state index in [-0.39, 0.29) is 67.5 Å². The second-order valence-electron chi connectivity index (χ2n) is 13.4. The van der Waals surface area contributed by atoms with Gasteiger partial charge in [0.25, 0.3) is 0 Å². The van der Waals surface area contributed by atoms with Gasteiger partial charge in [-0.3, -0.25) is 19.3 Å². The van der Waals surface area contributed by atoms with Gasteiger partial charge in [0, 0.05) is 57.1 Å². The van der Waals surface area contributed by atoms with Crippen molar-refractivity contribution in [2.75, 3.05) is 39.9 Å². The topological polar surface area (TPSA) is 112 Å². The molecule has 5 aliphatic rings. The first-order chi connectivity index (χ1) is 21.7. The van der Waals surface area contributed by atoms with Gasteiger partial charge in [-0.15, -0.1) is 0 Å². The van der Waals surface area contributed by atoms with E-state index in [2.05, 4.69) is 20.9 Å². The lowest BCUT2D eigenvalue weighted by Gasteiger charge is -2.45. The Kier molecular flexibility index (Phi) is 9.63. The fourth-order valence-electron chi connectivity index (χ4n) is 7.82. The Balaban J connectivity index is 1.26. The zero-order chi connectivity index (χ0) is 31.7. The molecule has 0 unspecified atom stereocenters. The van der Waals surface area contributed by atoms with Gasteiger partial charge in [-0.05, 0) is 64.0 Å². The van der Waals surface area contributed by atoms with Crippen LogP contribution in [0.25, 0.3) is 0 Å². The molecule has 3 aliphatic heterocycles. The summed E-state index contributed by atoms with van der Waals surface area (Å²) in [4.78, 5) is 46.1. The number of ether oxygens (including phenoxy) is 2. The second-order valence-corrected chi connectivity index (χ2v) is 13.4. The number of hydrogen-bond acceptors (Lipinski definition) is 7. The molecule has 45 heavy (non-hydrogen) atoms. The number of alkyl halides is 2. The molecule has 2 saturated carbocycles. The number of rotatable bonds is 10. The minimum Gasteiger partial charge on any atom is -0.493 e. The van der Waals surface area contributed by atoms with Gasteiger partial charge in [-0.25, -0.2) is 8.78 Å². The number of nitrogens with zero attached hydrogens (tertiary/aromatic N) is 2. The van der Waals surface area contributed by atoms with E-state index in [4.69, 9.17) is 9.47 Å². The van der Waals surface area contributed by atoms with E-state index in [0.29, 0.717) is 39.3 Å². The van der Waals surface area contributed by atoms with Gasteiger partial charge >= 0.3 is 0 Å². The fourth-order valence-corrected chi connectivity index (χ4v) is 7.82. The molecule has 3 heterocycles. The van der Waals surface area contributed by atoms with E-state index in [1.165, 1.54) is 0 Å². The van der Waals surface area contributed by atoms with Crippen LogP contribution < -0.4 is 20.7 Å². The lowest BCUT2D eigenvalue weighted by atomic mass is 9.81. The minimum absolute atomic E-state index is 0.00178. The Morgan fingerprint density at radius 2 is 1.76 bits per heavy atom. The third-order valence-electron chi connectivity index (χ3n) is 10.4. The number of piperazine rings is 1. The molecule has 10 nitrogen and oxygen atoms in total. The molecule has 0 aromatic heterocycles. The maximum atomic E-state index is 14.6. The Morgan fingerprint density at radius 1 is 1.02 bits per heavy atom. The first kappa shape index (κ1) is 32.1. The van der Waals surface area contributed by atoms with Crippen LogP contribution in [0.3, 0.4) is 0 Å². The predicted molar refractivity (Wildman–Crippen MR) is 163 cm³/mol. The number of amides is 3. The van der Waals surface area contributed by atoms with Crippen molar-refractivity contribution < 1.29 is 32.6 Å². The van der Waals surface area contributed by atoms with E-state index in [0.717, 1.165) is 30.6 Å². The summed E-state index contributed by atoms with van der Waals surface area (Å²) in [6.07, 6.45) is 2.80. The summed E-state index contributed by atoms with van der Waals surface area (Å²) >= 11 is 0. The van der Waals surface area contributed by atoms with E-state index >= 15 is 0 Å². The number of para-hydroxylation sites is 1. The zero-order valence-electron chi connectivity index (χ0n) is 26.3. The molecule has 248 valence electrons.